The number of nitrogens with zero attached hydrogens (tertiary/aromatic N) is 3. The Labute approximate surface area is 142 Å². The van der Waals surface area contributed by atoms with E-state index in [2.05, 4.69) is 24.0 Å². The molecule has 5 nitrogen and oxygen atoms in total. The van der Waals surface area contributed by atoms with Crippen molar-refractivity contribution in [1.29, 1.82) is 0 Å². The summed E-state index contributed by atoms with van der Waals surface area (Å²) >= 11 is 13.2. The Morgan fingerprint density at radius 3 is 2.68 bits per heavy atom. The molecule has 0 spiro atoms. The van der Waals surface area contributed by atoms with Gasteiger partial charge >= 0.3 is 0 Å². The Kier molecular flexibility index (Phi) is 5.72. The normalized spacial score (nSPS) is 11.1. The van der Waals surface area contributed by atoms with Crippen LogP contribution in [0.2, 0.25) is 10.0 Å². The van der Waals surface area contributed by atoms with Gasteiger partial charge < -0.3 is 14.5 Å². The molecule has 0 radical (unpaired) electrons. The molecule has 2 rings (SSSR count). The van der Waals surface area contributed by atoms with Crippen molar-refractivity contribution in [2.45, 2.75) is 25.5 Å². The first kappa shape index (κ1) is 17.1. The minimum absolute atomic E-state index is 0.176. The van der Waals surface area contributed by atoms with E-state index in [1.165, 1.54) is 0 Å². The second-order valence-corrected chi connectivity index (χ2v) is 6.88. The Morgan fingerprint density at radius 2 is 2.09 bits per heavy atom. The maximum absolute atomic E-state index is 10.6. The van der Waals surface area contributed by atoms with Crippen LogP contribution in [0.3, 0.4) is 0 Å². The molecule has 0 unspecified atom stereocenters. The molecule has 0 amide bonds. The first-order valence-electron chi connectivity index (χ1n) is 6.59. The quantitative estimate of drug-likeness (QED) is 0.742. The zero-order valence-corrected chi connectivity index (χ0v) is 14.4. The van der Waals surface area contributed by atoms with Gasteiger partial charge in [0.15, 0.2) is 11.0 Å². The number of rotatable bonds is 6. The van der Waals surface area contributed by atoms with Gasteiger partial charge in [0, 0.05) is 22.9 Å². The van der Waals surface area contributed by atoms with Crippen LogP contribution >= 0.6 is 35.0 Å². The van der Waals surface area contributed by atoms with Gasteiger partial charge in [0.05, 0.1) is 11.0 Å². The van der Waals surface area contributed by atoms with Crippen molar-refractivity contribution in [3.05, 3.63) is 28.2 Å². The molecule has 118 valence electrons. The molecule has 0 atom stereocenters. The highest BCUT2D eigenvalue weighted by atomic mass is 35.5. The molecule has 0 aliphatic rings. The van der Waals surface area contributed by atoms with Crippen LogP contribution in [0, 0.1) is 5.92 Å². The number of halogens is 2. The summed E-state index contributed by atoms with van der Waals surface area (Å²) in [5.41, 5.74) is 0.708. The van der Waals surface area contributed by atoms with Gasteiger partial charge in [-0.2, -0.15) is 0 Å². The van der Waals surface area contributed by atoms with Gasteiger partial charge in [-0.3, -0.25) is 0 Å². The number of carboxylic acids is 1. The molecule has 0 N–H and O–H groups in total. The van der Waals surface area contributed by atoms with Crippen LogP contribution in [-0.4, -0.2) is 26.5 Å². The first-order valence-corrected chi connectivity index (χ1v) is 8.34. The number of carboxylic acid groups (broad SMARTS) is 1. The minimum atomic E-state index is -1.14. The van der Waals surface area contributed by atoms with E-state index in [0.29, 0.717) is 39.1 Å². The van der Waals surface area contributed by atoms with Gasteiger partial charge in [-0.05, 0) is 24.1 Å². The molecule has 0 aliphatic carbocycles. The fraction of sp³-hybridized carbons (Fsp3) is 0.357. The summed E-state index contributed by atoms with van der Waals surface area (Å²) in [7, 11) is 0. The monoisotopic (exact) mass is 358 g/mol. The topological polar surface area (TPSA) is 70.8 Å². The van der Waals surface area contributed by atoms with Gasteiger partial charge in [0.2, 0.25) is 0 Å². The van der Waals surface area contributed by atoms with Crippen LogP contribution in [0.1, 0.15) is 13.8 Å². The van der Waals surface area contributed by atoms with Crippen molar-refractivity contribution in [3.63, 3.8) is 0 Å². The van der Waals surface area contributed by atoms with Crippen LogP contribution < -0.4 is 5.11 Å². The third-order valence-corrected chi connectivity index (χ3v) is 4.24. The Morgan fingerprint density at radius 1 is 1.36 bits per heavy atom. The van der Waals surface area contributed by atoms with E-state index in [4.69, 9.17) is 23.2 Å². The highest BCUT2D eigenvalue weighted by Gasteiger charge is 2.17. The molecule has 1 aromatic heterocycles. The largest absolute Gasteiger partial charge is 0.549 e. The van der Waals surface area contributed by atoms with Crippen molar-refractivity contribution < 1.29 is 9.90 Å². The molecule has 2 aromatic rings. The molecule has 22 heavy (non-hydrogen) atoms. The van der Waals surface area contributed by atoms with Crippen molar-refractivity contribution in [2.75, 3.05) is 5.75 Å². The molecule has 0 fully saturated rings. The van der Waals surface area contributed by atoms with E-state index >= 15 is 0 Å². The molecule has 8 heteroatoms. The molecule has 0 saturated heterocycles. The number of thioether (sulfide) groups is 1. The van der Waals surface area contributed by atoms with Gasteiger partial charge in [-0.15, -0.1) is 10.2 Å². The Bertz CT molecular complexity index is 689. The van der Waals surface area contributed by atoms with Gasteiger partial charge in [-0.25, -0.2) is 0 Å². The lowest BCUT2D eigenvalue weighted by molar-refractivity contribution is -0.301. The van der Waals surface area contributed by atoms with E-state index in [1.807, 2.05) is 4.57 Å². The summed E-state index contributed by atoms with van der Waals surface area (Å²) in [4.78, 5) is 10.6. The predicted molar refractivity (Wildman–Crippen MR) is 86.0 cm³/mol. The highest BCUT2D eigenvalue weighted by molar-refractivity contribution is 7.99. The highest BCUT2D eigenvalue weighted by Crippen LogP contribution is 2.31. The number of benzene rings is 1. The summed E-state index contributed by atoms with van der Waals surface area (Å²) in [6, 6.07) is 5.14. The zero-order chi connectivity index (χ0) is 16.3. The number of aromatic nitrogens is 3. The Balaban J connectivity index is 2.43. The summed E-state index contributed by atoms with van der Waals surface area (Å²) in [6.07, 6.45) is 0. The van der Waals surface area contributed by atoms with E-state index in [-0.39, 0.29) is 5.75 Å². The lowest BCUT2D eigenvalue weighted by Gasteiger charge is -2.13. The minimum Gasteiger partial charge on any atom is -0.549 e. The summed E-state index contributed by atoms with van der Waals surface area (Å²) in [5.74, 6) is -0.389. The van der Waals surface area contributed by atoms with Crippen molar-refractivity contribution in [3.8, 4) is 11.4 Å². The van der Waals surface area contributed by atoms with E-state index in [1.54, 1.807) is 18.2 Å². The molecule has 0 bridgehead atoms. The van der Waals surface area contributed by atoms with Crippen LogP contribution in [0.15, 0.2) is 23.4 Å². The van der Waals surface area contributed by atoms with Crippen molar-refractivity contribution in [2.24, 2.45) is 5.92 Å². The number of hydrogen-bond donors (Lipinski definition) is 0. The molecule has 1 heterocycles. The lowest BCUT2D eigenvalue weighted by atomic mass is 10.2. The first-order chi connectivity index (χ1) is 10.4. The lowest BCUT2D eigenvalue weighted by Crippen LogP contribution is -2.24. The molecular formula is C14H14Cl2N3O2S-. The smallest absolute Gasteiger partial charge is 0.191 e. The summed E-state index contributed by atoms with van der Waals surface area (Å²) < 4.78 is 1.87. The number of carbonyl (C=O) groups is 1. The third-order valence-electron chi connectivity index (χ3n) is 2.76. The number of hydrogen-bond acceptors (Lipinski definition) is 5. The van der Waals surface area contributed by atoms with Gasteiger partial charge in [0.1, 0.15) is 0 Å². The number of carbonyl (C=O) groups excluding carboxylic acids is 1. The summed E-state index contributed by atoms with van der Waals surface area (Å²) in [5, 5.41) is 20.4. The SMILES string of the molecule is CC(C)Cn1c(SCC(=O)[O-])nnc1-c1ccc(Cl)cc1Cl. The van der Waals surface area contributed by atoms with Gasteiger partial charge in [0.25, 0.3) is 0 Å². The second kappa shape index (κ2) is 7.35. The van der Waals surface area contributed by atoms with Crippen LogP contribution in [0.5, 0.6) is 0 Å². The van der Waals surface area contributed by atoms with Crippen LogP contribution in [-0.2, 0) is 11.3 Å². The fourth-order valence-corrected chi connectivity index (χ4v) is 3.07. The van der Waals surface area contributed by atoms with Crippen molar-refractivity contribution >= 4 is 40.9 Å². The molecule has 0 aliphatic heterocycles. The average molecular weight is 359 g/mol. The zero-order valence-electron chi connectivity index (χ0n) is 12.0. The summed E-state index contributed by atoms with van der Waals surface area (Å²) in [6.45, 7) is 4.76. The van der Waals surface area contributed by atoms with Gasteiger partial charge in [-0.1, -0.05) is 48.8 Å². The second-order valence-electron chi connectivity index (χ2n) is 5.10. The Hall–Kier alpha value is -1.24. The average Bonchev–Trinajstić information content (AvgIpc) is 2.78. The predicted octanol–water partition coefficient (Wildman–Crippen LogP) is 2.75. The van der Waals surface area contributed by atoms with Crippen LogP contribution in [0.4, 0.5) is 0 Å². The molecular weight excluding hydrogens is 345 g/mol. The standard InChI is InChI=1S/C14H15Cl2N3O2S/c1-8(2)6-19-13(10-4-3-9(15)5-11(10)16)17-18-14(19)22-7-12(20)21/h3-5,8H,6-7H2,1-2H3,(H,20,21)/p-1. The van der Waals surface area contributed by atoms with E-state index in [0.717, 1.165) is 11.8 Å². The van der Waals surface area contributed by atoms with Crippen LogP contribution in [0.25, 0.3) is 11.4 Å². The molecule has 1 aromatic carbocycles. The fourth-order valence-electron chi connectivity index (χ4n) is 1.92. The maximum Gasteiger partial charge on any atom is 0.191 e. The van der Waals surface area contributed by atoms with E-state index in [9.17, 15) is 9.90 Å². The van der Waals surface area contributed by atoms with E-state index < -0.39 is 5.97 Å². The third kappa shape index (κ3) is 4.15. The van der Waals surface area contributed by atoms with Crippen molar-refractivity contribution in [1.82, 2.24) is 14.8 Å². The maximum atomic E-state index is 10.6. The number of aliphatic carboxylic acids is 1. The molecule has 0 saturated carbocycles.